The smallest absolute Gasteiger partial charge is 0.258 e. The van der Waals surface area contributed by atoms with Gasteiger partial charge in [0.1, 0.15) is 12.4 Å². The summed E-state index contributed by atoms with van der Waals surface area (Å²) < 4.78 is 5.63. The van der Waals surface area contributed by atoms with E-state index in [1.807, 2.05) is 26.0 Å². The van der Waals surface area contributed by atoms with E-state index in [-0.39, 0.29) is 0 Å². The van der Waals surface area contributed by atoms with E-state index in [0.29, 0.717) is 23.5 Å². The second-order valence-corrected chi connectivity index (χ2v) is 5.56. The van der Waals surface area contributed by atoms with Gasteiger partial charge in [-0.2, -0.15) is 0 Å². The summed E-state index contributed by atoms with van der Waals surface area (Å²) >= 11 is 0. The van der Waals surface area contributed by atoms with E-state index < -0.39 is 11.5 Å². The monoisotopic (exact) mass is 311 g/mol. The number of carbonyl (C=O) groups excluding carboxylic acids is 1. The maximum atomic E-state index is 12.0. The first-order valence-corrected chi connectivity index (χ1v) is 7.39. The zero-order valence-electron chi connectivity index (χ0n) is 13.3. The van der Waals surface area contributed by atoms with Crippen LogP contribution in [-0.4, -0.2) is 17.6 Å². The molecule has 3 N–H and O–H groups in total. The van der Waals surface area contributed by atoms with E-state index in [9.17, 15) is 9.90 Å². The van der Waals surface area contributed by atoms with E-state index in [2.05, 4.69) is 0 Å². The van der Waals surface area contributed by atoms with Gasteiger partial charge in [0.25, 0.3) is 5.91 Å². The van der Waals surface area contributed by atoms with Gasteiger partial charge in [0.15, 0.2) is 5.60 Å². The van der Waals surface area contributed by atoms with Crippen LogP contribution in [0.5, 0.6) is 5.75 Å². The molecule has 0 spiro atoms. The lowest BCUT2D eigenvalue weighted by Crippen LogP contribution is -2.42. The molecule has 0 bridgehead atoms. The number of hydrogen-bond donors (Lipinski definition) is 2. The highest BCUT2D eigenvalue weighted by molar-refractivity contribution is 5.88. The van der Waals surface area contributed by atoms with Crippen LogP contribution in [0.1, 0.15) is 25.0 Å². The number of benzene rings is 2. The predicted molar refractivity (Wildman–Crippen MR) is 90.0 cm³/mol. The molecule has 2 rings (SSSR count). The van der Waals surface area contributed by atoms with Crippen LogP contribution in [0.2, 0.25) is 0 Å². The summed E-state index contributed by atoms with van der Waals surface area (Å²) in [5.41, 5.74) is 5.55. The Kier molecular flexibility index (Phi) is 5.19. The number of primary amides is 1. The summed E-state index contributed by atoms with van der Waals surface area (Å²) in [7, 11) is 0. The maximum absolute atomic E-state index is 12.0. The van der Waals surface area contributed by atoms with E-state index >= 15 is 0 Å². The summed E-state index contributed by atoms with van der Waals surface area (Å²) in [6.45, 7) is 4.40. The second kappa shape index (κ2) is 7.11. The van der Waals surface area contributed by atoms with Crippen molar-refractivity contribution in [2.75, 3.05) is 6.61 Å². The number of ether oxygens (including phenoxy) is 1. The standard InChI is InChI=1S/C19H21NO3/c1-14(2)11-12-23-17-10-6-9-16(13-17)19(22,18(20)21)15-7-4-3-5-8-15/h3-11,13,22H,12H2,1-2H3,(H2,20,21). The molecule has 4 nitrogen and oxygen atoms in total. The maximum Gasteiger partial charge on any atom is 0.258 e. The van der Waals surface area contributed by atoms with Crippen molar-refractivity contribution in [3.8, 4) is 5.75 Å². The van der Waals surface area contributed by atoms with Gasteiger partial charge in [0, 0.05) is 5.56 Å². The Bertz CT molecular complexity index is 706. The first-order chi connectivity index (χ1) is 10.9. The van der Waals surface area contributed by atoms with Crippen LogP contribution in [0.25, 0.3) is 0 Å². The third kappa shape index (κ3) is 3.79. The van der Waals surface area contributed by atoms with Gasteiger partial charge in [-0.05, 0) is 37.6 Å². The average molecular weight is 311 g/mol. The lowest BCUT2D eigenvalue weighted by Gasteiger charge is -2.26. The molecule has 23 heavy (non-hydrogen) atoms. The molecule has 0 saturated heterocycles. The summed E-state index contributed by atoms with van der Waals surface area (Å²) in [5, 5.41) is 10.9. The Hall–Kier alpha value is -2.59. The molecule has 120 valence electrons. The van der Waals surface area contributed by atoms with Crippen LogP contribution >= 0.6 is 0 Å². The van der Waals surface area contributed by atoms with Crippen molar-refractivity contribution in [3.63, 3.8) is 0 Å². The van der Waals surface area contributed by atoms with Crippen LogP contribution in [0.3, 0.4) is 0 Å². The van der Waals surface area contributed by atoms with Crippen LogP contribution < -0.4 is 10.5 Å². The third-order valence-electron chi connectivity index (χ3n) is 3.54. The van der Waals surface area contributed by atoms with Gasteiger partial charge in [-0.15, -0.1) is 0 Å². The Morgan fingerprint density at radius 2 is 1.78 bits per heavy atom. The minimum Gasteiger partial charge on any atom is -0.490 e. The number of aliphatic hydroxyl groups is 1. The molecule has 2 aromatic rings. The number of carbonyl (C=O) groups is 1. The summed E-state index contributed by atoms with van der Waals surface area (Å²) in [5.74, 6) is -0.263. The van der Waals surface area contributed by atoms with Crippen molar-refractivity contribution in [2.45, 2.75) is 19.4 Å². The van der Waals surface area contributed by atoms with Gasteiger partial charge in [-0.1, -0.05) is 48.0 Å². The molecule has 0 radical (unpaired) electrons. The molecule has 0 aliphatic carbocycles. The number of hydrogen-bond acceptors (Lipinski definition) is 3. The summed E-state index contributed by atoms with van der Waals surface area (Å²) in [4.78, 5) is 12.0. The molecule has 0 aromatic heterocycles. The molecule has 2 aromatic carbocycles. The third-order valence-corrected chi connectivity index (χ3v) is 3.54. The lowest BCUT2D eigenvalue weighted by molar-refractivity contribution is -0.133. The highest BCUT2D eigenvalue weighted by Crippen LogP contribution is 2.31. The van der Waals surface area contributed by atoms with Gasteiger partial charge in [0.05, 0.1) is 0 Å². The fraction of sp³-hybridized carbons (Fsp3) is 0.211. The van der Waals surface area contributed by atoms with E-state index in [0.717, 1.165) is 5.57 Å². The van der Waals surface area contributed by atoms with Crippen molar-refractivity contribution in [1.82, 2.24) is 0 Å². The van der Waals surface area contributed by atoms with Crippen LogP contribution in [0.4, 0.5) is 0 Å². The molecule has 0 aliphatic rings. The quantitative estimate of drug-likeness (QED) is 0.806. The molecule has 1 amide bonds. The van der Waals surface area contributed by atoms with E-state index in [1.165, 1.54) is 0 Å². The summed E-state index contributed by atoms with van der Waals surface area (Å²) in [6, 6.07) is 15.4. The predicted octanol–water partition coefficient (Wildman–Crippen LogP) is 2.75. The number of nitrogens with two attached hydrogens (primary N) is 1. The summed E-state index contributed by atoms with van der Waals surface area (Å²) in [6.07, 6.45) is 1.95. The zero-order chi connectivity index (χ0) is 16.9. The molecule has 1 unspecified atom stereocenters. The second-order valence-electron chi connectivity index (χ2n) is 5.56. The highest BCUT2D eigenvalue weighted by Gasteiger charge is 2.38. The van der Waals surface area contributed by atoms with Gasteiger partial charge < -0.3 is 15.6 Å². The molecule has 4 heteroatoms. The lowest BCUT2D eigenvalue weighted by atomic mass is 9.85. The van der Waals surface area contributed by atoms with Crippen molar-refractivity contribution >= 4 is 5.91 Å². The Balaban J connectivity index is 2.38. The first kappa shape index (κ1) is 16.8. The fourth-order valence-electron chi connectivity index (χ4n) is 2.25. The van der Waals surface area contributed by atoms with E-state index in [4.69, 9.17) is 10.5 Å². The molecule has 0 aliphatic heterocycles. The van der Waals surface area contributed by atoms with Crippen LogP contribution in [0, 0.1) is 0 Å². The first-order valence-electron chi connectivity index (χ1n) is 7.39. The number of rotatable bonds is 6. The van der Waals surface area contributed by atoms with Crippen molar-refractivity contribution in [1.29, 1.82) is 0 Å². The molecule has 0 heterocycles. The Morgan fingerprint density at radius 3 is 2.39 bits per heavy atom. The highest BCUT2D eigenvalue weighted by atomic mass is 16.5. The van der Waals surface area contributed by atoms with Crippen molar-refractivity contribution < 1.29 is 14.6 Å². The van der Waals surface area contributed by atoms with E-state index in [1.54, 1.807) is 48.5 Å². The van der Waals surface area contributed by atoms with Gasteiger partial charge in [-0.25, -0.2) is 0 Å². The average Bonchev–Trinajstić information content (AvgIpc) is 2.54. The normalized spacial score (nSPS) is 13.0. The van der Waals surface area contributed by atoms with Gasteiger partial charge in [-0.3, -0.25) is 4.79 Å². The largest absolute Gasteiger partial charge is 0.490 e. The minimum atomic E-state index is -1.89. The zero-order valence-corrected chi connectivity index (χ0v) is 13.3. The van der Waals surface area contributed by atoms with Crippen molar-refractivity contribution in [3.05, 3.63) is 77.4 Å². The van der Waals surface area contributed by atoms with Gasteiger partial charge in [0.2, 0.25) is 0 Å². The van der Waals surface area contributed by atoms with Gasteiger partial charge >= 0.3 is 0 Å². The fourth-order valence-corrected chi connectivity index (χ4v) is 2.25. The molecule has 0 saturated carbocycles. The minimum absolute atomic E-state index is 0.380. The van der Waals surface area contributed by atoms with Crippen molar-refractivity contribution in [2.24, 2.45) is 5.73 Å². The number of amides is 1. The molecular formula is C19H21NO3. The SMILES string of the molecule is CC(C)=CCOc1cccc(C(O)(C(N)=O)c2ccccc2)c1. The van der Waals surface area contributed by atoms with Crippen LogP contribution in [0.15, 0.2) is 66.2 Å². The Labute approximate surface area is 136 Å². The molecule has 1 atom stereocenters. The topological polar surface area (TPSA) is 72.6 Å². The van der Waals surface area contributed by atoms with Crippen LogP contribution in [-0.2, 0) is 10.4 Å². The molecule has 0 fully saturated rings. The Morgan fingerprint density at radius 1 is 1.13 bits per heavy atom. The number of allylic oxidation sites excluding steroid dienone is 1. The molecular weight excluding hydrogens is 290 g/mol.